The van der Waals surface area contributed by atoms with Gasteiger partial charge in [-0.2, -0.15) is 0 Å². The van der Waals surface area contributed by atoms with Gasteiger partial charge in [-0.05, 0) is 50.4 Å². The van der Waals surface area contributed by atoms with Gasteiger partial charge in [-0.15, -0.1) is 0 Å². The topological polar surface area (TPSA) is 55.3 Å². The van der Waals surface area contributed by atoms with Gasteiger partial charge in [-0.1, -0.05) is 6.92 Å². The number of hydrogen-bond donors (Lipinski definition) is 1. The number of nitrogens with zero attached hydrogens (tertiary/aromatic N) is 2. The van der Waals surface area contributed by atoms with Gasteiger partial charge >= 0.3 is 0 Å². The molecule has 0 aliphatic carbocycles. The summed E-state index contributed by atoms with van der Waals surface area (Å²) in [5.74, 6) is 1.54. The molecule has 1 fully saturated rings. The van der Waals surface area contributed by atoms with E-state index in [1.54, 1.807) is 0 Å². The zero-order valence-electron chi connectivity index (χ0n) is 11.6. The van der Waals surface area contributed by atoms with Crippen molar-refractivity contribution >= 4 is 16.8 Å². The van der Waals surface area contributed by atoms with Crippen molar-refractivity contribution in [2.75, 3.05) is 12.3 Å². The molecule has 1 aliphatic heterocycles. The van der Waals surface area contributed by atoms with Crippen LogP contribution in [0.3, 0.4) is 0 Å². The highest BCUT2D eigenvalue weighted by molar-refractivity contribution is 5.76. The predicted octanol–water partition coefficient (Wildman–Crippen LogP) is 3.03. The fraction of sp³-hybridized carbons (Fsp3) is 0.533. The van der Waals surface area contributed by atoms with Crippen LogP contribution in [0.1, 0.15) is 32.6 Å². The van der Waals surface area contributed by atoms with E-state index >= 15 is 0 Å². The first-order valence-corrected chi connectivity index (χ1v) is 7.02. The SMILES string of the molecule is CC1CCCN(Cc2nc3cc(N)ccc3o2)C1C. The first kappa shape index (κ1) is 12.5. The van der Waals surface area contributed by atoms with Crippen molar-refractivity contribution in [2.45, 2.75) is 39.3 Å². The van der Waals surface area contributed by atoms with Crippen LogP contribution in [0, 0.1) is 5.92 Å². The van der Waals surface area contributed by atoms with Crippen LogP contribution < -0.4 is 5.73 Å². The van der Waals surface area contributed by atoms with Crippen molar-refractivity contribution in [3.63, 3.8) is 0 Å². The van der Waals surface area contributed by atoms with E-state index in [4.69, 9.17) is 10.2 Å². The van der Waals surface area contributed by atoms with Gasteiger partial charge in [0.2, 0.25) is 5.89 Å². The molecule has 1 saturated heterocycles. The number of fused-ring (bicyclic) bond motifs is 1. The molecule has 0 bridgehead atoms. The van der Waals surface area contributed by atoms with E-state index in [-0.39, 0.29) is 0 Å². The summed E-state index contributed by atoms with van der Waals surface area (Å²) in [5, 5.41) is 0. The molecule has 0 radical (unpaired) electrons. The highest BCUT2D eigenvalue weighted by atomic mass is 16.3. The molecule has 2 aromatic rings. The lowest BCUT2D eigenvalue weighted by molar-refractivity contribution is 0.0974. The second kappa shape index (κ2) is 4.85. The van der Waals surface area contributed by atoms with E-state index in [0.29, 0.717) is 6.04 Å². The standard InChI is InChI=1S/C15H21N3O/c1-10-4-3-7-18(11(10)2)9-15-17-13-8-12(16)5-6-14(13)19-15/h5-6,8,10-11H,3-4,7,9,16H2,1-2H3. The van der Waals surface area contributed by atoms with Gasteiger partial charge in [0.1, 0.15) is 5.52 Å². The number of aromatic nitrogens is 1. The normalized spacial score (nSPS) is 24.9. The quantitative estimate of drug-likeness (QED) is 0.842. The molecule has 4 heteroatoms. The van der Waals surface area contributed by atoms with Crippen molar-refractivity contribution in [1.82, 2.24) is 9.88 Å². The molecule has 0 amide bonds. The summed E-state index contributed by atoms with van der Waals surface area (Å²) < 4.78 is 5.80. The second-order valence-corrected chi connectivity index (χ2v) is 5.67. The lowest BCUT2D eigenvalue weighted by Gasteiger charge is -2.37. The average molecular weight is 259 g/mol. The maximum absolute atomic E-state index is 5.80. The van der Waals surface area contributed by atoms with Crippen LogP contribution in [-0.4, -0.2) is 22.5 Å². The van der Waals surface area contributed by atoms with Crippen molar-refractivity contribution in [3.8, 4) is 0 Å². The Kier molecular flexibility index (Phi) is 3.19. The van der Waals surface area contributed by atoms with Crippen LogP contribution in [0.25, 0.3) is 11.1 Å². The lowest BCUT2D eigenvalue weighted by atomic mass is 9.92. The number of anilines is 1. The Morgan fingerprint density at radius 1 is 1.42 bits per heavy atom. The molecular formula is C15H21N3O. The lowest BCUT2D eigenvalue weighted by Crippen LogP contribution is -2.41. The minimum Gasteiger partial charge on any atom is -0.439 e. The molecule has 3 rings (SSSR count). The Balaban J connectivity index is 1.81. The fourth-order valence-corrected chi connectivity index (χ4v) is 2.88. The molecule has 4 nitrogen and oxygen atoms in total. The summed E-state index contributed by atoms with van der Waals surface area (Å²) in [6.07, 6.45) is 2.58. The third kappa shape index (κ3) is 2.45. The fourth-order valence-electron chi connectivity index (χ4n) is 2.88. The van der Waals surface area contributed by atoms with Crippen LogP contribution in [0.4, 0.5) is 5.69 Å². The van der Waals surface area contributed by atoms with Gasteiger partial charge < -0.3 is 10.2 Å². The van der Waals surface area contributed by atoms with Crippen LogP contribution in [0.2, 0.25) is 0 Å². The molecule has 0 spiro atoms. The summed E-state index contributed by atoms with van der Waals surface area (Å²) in [6, 6.07) is 6.20. The smallest absolute Gasteiger partial charge is 0.209 e. The van der Waals surface area contributed by atoms with Crippen molar-refractivity contribution < 1.29 is 4.42 Å². The maximum atomic E-state index is 5.80. The van der Waals surface area contributed by atoms with E-state index < -0.39 is 0 Å². The van der Waals surface area contributed by atoms with Gasteiger partial charge in [-0.25, -0.2) is 4.98 Å². The van der Waals surface area contributed by atoms with Crippen LogP contribution in [-0.2, 0) is 6.54 Å². The third-order valence-electron chi connectivity index (χ3n) is 4.30. The number of rotatable bonds is 2. The number of nitrogens with two attached hydrogens (primary N) is 1. The minimum absolute atomic E-state index is 0.592. The van der Waals surface area contributed by atoms with Crippen LogP contribution in [0.5, 0.6) is 0 Å². The summed E-state index contributed by atoms with van der Waals surface area (Å²) in [4.78, 5) is 7.00. The Morgan fingerprint density at radius 2 is 2.26 bits per heavy atom. The number of hydrogen-bond acceptors (Lipinski definition) is 4. The number of nitrogen functional groups attached to an aromatic ring is 1. The van der Waals surface area contributed by atoms with Gasteiger partial charge in [0, 0.05) is 11.7 Å². The van der Waals surface area contributed by atoms with E-state index in [9.17, 15) is 0 Å². The second-order valence-electron chi connectivity index (χ2n) is 5.67. The van der Waals surface area contributed by atoms with Crippen molar-refractivity contribution in [1.29, 1.82) is 0 Å². The molecule has 0 saturated carbocycles. The predicted molar refractivity (Wildman–Crippen MR) is 76.7 cm³/mol. The van der Waals surface area contributed by atoms with Crippen LogP contribution in [0.15, 0.2) is 22.6 Å². The van der Waals surface area contributed by atoms with E-state index in [2.05, 4.69) is 23.7 Å². The molecule has 2 unspecified atom stereocenters. The molecular weight excluding hydrogens is 238 g/mol. The number of likely N-dealkylation sites (tertiary alicyclic amines) is 1. The maximum Gasteiger partial charge on any atom is 0.209 e. The molecule has 102 valence electrons. The number of oxazole rings is 1. The zero-order chi connectivity index (χ0) is 13.4. The molecule has 1 aromatic heterocycles. The number of piperidine rings is 1. The summed E-state index contributed by atoms with van der Waals surface area (Å²) >= 11 is 0. The average Bonchev–Trinajstić information content (AvgIpc) is 2.76. The third-order valence-corrected chi connectivity index (χ3v) is 4.30. The van der Waals surface area contributed by atoms with E-state index in [1.165, 1.54) is 12.8 Å². The molecule has 2 heterocycles. The monoisotopic (exact) mass is 259 g/mol. The van der Waals surface area contributed by atoms with Gasteiger partial charge in [0.25, 0.3) is 0 Å². The summed E-state index contributed by atoms with van der Waals surface area (Å²) in [7, 11) is 0. The Bertz CT molecular complexity index is 578. The number of benzene rings is 1. The van der Waals surface area contributed by atoms with E-state index in [1.807, 2.05) is 18.2 Å². The van der Waals surface area contributed by atoms with Gasteiger partial charge in [-0.3, -0.25) is 4.90 Å². The molecule has 2 atom stereocenters. The minimum atomic E-state index is 0.592. The molecule has 2 N–H and O–H groups in total. The Labute approximate surface area is 113 Å². The summed E-state index contributed by atoms with van der Waals surface area (Å²) in [6.45, 7) is 6.54. The van der Waals surface area contributed by atoms with Crippen molar-refractivity contribution in [2.24, 2.45) is 5.92 Å². The van der Waals surface area contributed by atoms with Crippen molar-refractivity contribution in [3.05, 3.63) is 24.1 Å². The first-order valence-electron chi connectivity index (χ1n) is 7.02. The molecule has 19 heavy (non-hydrogen) atoms. The largest absolute Gasteiger partial charge is 0.439 e. The zero-order valence-corrected chi connectivity index (χ0v) is 11.6. The van der Waals surface area contributed by atoms with Gasteiger partial charge in [0.15, 0.2) is 5.58 Å². The highest BCUT2D eigenvalue weighted by Gasteiger charge is 2.25. The molecule has 1 aliphatic rings. The Morgan fingerprint density at radius 3 is 3.11 bits per heavy atom. The molecule has 1 aromatic carbocycles. The van der Waals surface area contributed by atoms with E-state index in [0.717, 1.165) is 41.7 Å². The first-order chi connectivity index (χ1) is 9.13. The highest BCUT2D eigenvalue weighted by Crippen LogP contribution is 2.25. The summed E-state index contributed by atoms with van der Waals surface area (Å²) in [5.41, 5.74) is 8.17. The van der Waals surface area contributed by atoms with Crippen LogP contribution >= 0.6 is 0 Å². The Hall–Kier alpha value is -1.55. The van der Waals surface area contributed by atoms with Gasteiger partial charge in [0.05, 0.1) is 6.54 Å².